The molecular formula is C10H16O2P+. The van der Waals surface area contributed by atoms with Crippen LogP contribution in [0.25, 0.3) is 0 Å². The molecule has 0 aromatic heterocycles. The van der Waals surface area contributed by atoms with Crippen LogP contribution in [0.2, 0.25) is 0 Å². The molecule has 1 aromatic rings. The molecule has 72 valence electrons. The Hall–Kier alpha value is -0.430. The first kappa shape index (κ1) is 10.6. The summed E-state index contributed by atoms with van der Waals surface area (Å²) in [6.45, 7) is 2.09. The molecule has 0 bridgehead atoms. The Morgan fingerprint density at radius 3 is 2.00 bits per heavy atom. The van der Waals surface area contributed by atoms with Gasteiger partial charge in [-0.25, -0.2) is 9.05 Å². The lowest BCUT2D eigenvalue weighted by molar-refractivity contribution is 0.327. The van der Waals surface area contributed by atoms with Gasteiger partial charge in [0.05, 0.1) is 14.2 Å². The average Bonchev–Trinajstić information content (AvgIpc) is 2.23. The van der Waals surface area contributed by atoms with Gasteiger partial charge >= 0.3 is 7.72 Å². The summed E-state index contributed by atoms with van der Waals surface area (Å²) >= 11 is 0. The summed E-state index contributed by atoms with van der Waals surface area (Å²) in [6.07, 6.45) is 0.907. The summed E-state index contributed by atoms with van der Waals surface area (Å²) in [4.78, 5) is 0. The van der Waals surface area contributed by atoms with Gasteiger partial charge in [-0.2, -0.15) is 0 Å². The minimum atomic E-state index is -1.79. The number of hydrogen-bond acceptors (Lipinski definition) is 2. The maximum atomic E-state index is 5.51. The van der Waals surface area contributed by atoms with Crippen molar-refractivity contribution in [2.45, 2.75) is 6.92 Å². The Bertz CT molecular complexity index is 236. The summed E-state index contributed by atoms with van der Waals surface area (Å²) in [5.41, 5.74) is 0. The van der Waals surface area contributed by atoms with Crippen LogP contribution in [0.15, 0.2) is 30.3 Å². The zero-order valence-electron chi connectivity index (χ0n) is 8.36. The largest absolute Gasteiger partial charge is 0.305 e. The van der Waals surface area contributed by atoms with Gasteiger partial charge in [0, 0.05) is 0 Å². The van der Waals surface area contributed by atoms with E-state index in [1.807, 2.05) is 18.2 Å². The minimum Gasteiger partial charge on any atom is -0.204 e. The lowest BCUT2D eigenvalue weighted by atomic mass is 10.4. The van der Waals surface area contributed by atoms with E-state index in [0.717, 1.165) is 6.16 Å². The molecule has 13 heavy (non-hydrogen) atoms. The van der Waals surface area contributed by atoms with Gasteiger partial charge < -0.3 is 0 Å². The third-order valence-electron chi connectivity index (χ3n) is 2.16. The van der Waals surface area contributed by atoms with Gasteiger partial charge in [-0.15, -0.1) is 0 Å². The zero-order valence-corrected chi connectivity index (χ0v) is 9.25. The van der Waals surface area contributed by atoms with Gasteiger partial charge in [0.1, 0.15) is 6.16 Å². The first-order chi connectivity index (χ1) is 6.29. The van der Waals surface area contributed by atoms with E-state index < -0.39 is 7.72 Å². The third-order valence-corrected chi connectivity index (χ3v) is 5.25. The van der Waals surface area contributed by atoms with Crippen molar-refractivity contribution in [1.29, 1.82) is 0 Å². The van der Waals surface area contributed by atoms with E-state index in [1.54, 1.807) is 14.2 Å². The zero-order chi connectivity index (χ0) is 9.73. The fourth-order valence-corrected chi connectivity index (χ4v) is 3.46. The highest BCUT2D eigenvalue weighted by Gasteiger charge is 2.40. The van der Waals surface area contributed by atoms with Gasteiger partial charge in [-0.05, 0) is 19.1 Å². The van der Waals surface area contributed by atoms with Gasteiger partial charge in [0.15, 0.2) is 5.30 Å². The predicted octanol–water partition coefficient (Wildman–Crippen LogP) is 2.47. The summed E-state index contributed by atoms with van der Waals surface area (Å²) in [7, 11) is 1.64. The Morgan fingerprint density at radius 2 is 1.62 bits per heavy atom. The van der Waals surface area contributed by atoms with Crippen molar-refractivity contribution in [2.75, 3.05) is 20.4 Å². The molecule has 0 unspecified atom stereocenters. The van der Waals surface area contributed by atoms with Gasteiger partial charge in [-0.3, -0.25) is 0 Å². The molecule has 1 rings (SSSR count). The molecule has 0 fully saturated rings. The lowest BCUT2D eigenvalue weighted by Crippen LogP contribution is -2.15. The smallest absolute Gasteiger partial charge is 0.204 e. The van der Waals surface area contributed by atoms with E-state index in [-0.39, 0.29) is 0 Å². The highest BCUT2D eigenvalue weighted by molar-refractivity contribution is 7.74. The molecule has 0 aliphatic heterocycles. The maximum absolute atomic E-state index is 5.51. The van der Waals surface area contributed by atoms with Gasteiger partial charge in [0.25, 0.3) is 0 Å². The van der Waals surface area contributed by atoms with Crippen molar-refractivity contribution in [3.05, 3.63) is 30.3 Å². The molecule has 0 atom stereocenters. The Balaban J connectivity index is 3.01. The molecule has 0 spiro atoms. The second-order valence-electron chi connectivity index (χ2n) is 2.69. The quantitative estimate of drug-likeness (QED) is 0.693. The molecule has 0 heterocycles. The van der Waals surface area contributed by atoms with Crippen LogP contribution >= 0.6 is 7.72 Å². The number of hydrogen-bond donors (Lipinski definition) is 0. The fourth-order valence-electron chi connectivity index (χ4n) is 1.38. The van der Waals surface area contributed by atoms with Crippen LogP contribution in [0.4, 0.5) is 0 Å². The van der Waals surface area contributed by atoms with E-state index in [9.17, 15) is 0 Å². The van der Waals surface area contributed by atoms with Gasteiger partial charge in [0.2, 0.25) is 0 Å². The molecule has 0 amide bonds. The number of rotatable bonds is 4. The Morgan fingerprint density at radius 1 is 1.08 bits per heavy atom. The molecule has 0 radical (unpaired) electrons. The Kier molecular flexibility index (Phi) is 3.86. The molecule has 0 aliphatic carbocycles. The Labute approximate surface area is 80.4 Å². The van der Waals surface area contributed by atoms with E-state index in [4.69, 9.17) is 9.05 Å². The summed E-state index contributed by atoms with van der Waals surface area (Å²) < 4.78 is 11.0. The summed E-state index contributed by atoms with van der Waals surface area (Å²) in [5.74, 6) is 0. The molecule has 2 nitrogen and oxygen atoms in total. The molecular weight excluding hydrogens is 183 g/mol. The van der Waals surface area contributed by atoms with Crippen LogP contribution in [0.1, 0.15) is 6.92 Å². The van der Waals surface area contributed by atoms with Crippen molar-refractivity contribution in [3.63, 3.8) is 0 Å². The average molecular weight is 199 g/mol. The monoisotopic (exact) mass is 199 g/mol. The molecule has 0 N–H and O–H groups in total. The summed E-state index contributed by atoms with van der Waals surface area (Å²) in [6, 6.07) is 10.1. The first-order valence-electron chi connectivity index (χ1n) is 4.34. The van der Waals surface area contributed by atoms with Crippen LogP contribution in [0.5, 0.6) is 0 Å². The van der Waals surface area contributed by atoms with Crippen LogP contribution in [0.3, 0.4) is 0 Å². The SMILES string of the molecule is CC[P+](OC)(OC)c1ccccc1. The van der Waals surface area contributed by atoms with Crippen molar-refractivity contribution in [2.24, 2.45) is 0 Å². The molecule has 3 heteroatoms. The van der Waals surface area contributed by atoms with Crippen molar-refractivity contribution < 1.29 is 9.05 Å². The van der Waals surface area contributed by atoms with Crippen LogP contribution in [-0.2, 0) is 9.05 Å². The standard InChI is InChI=1S/C10H16O2P/c1-4-13(11-2,12-3)10-8-6-5-7-9-10/h5-9H,4H2,1-3H3/q+1. The van der Waals surface area contributed by atoms with Crippen LogP contribution < -0.4 is 5.30 Å². The second kappa shape index (κ2) is 4.71. The summed E-state index contributed by atoms with van der Waals surface area (Å²) in [5, 5.41) is 1.17. The van der Waals surface area contributed by atoms with Crippen molar-refractivity contribution in [1.82, 2.24) is 0 Å². The fraction of sp³-hybridized carbons (Fsp3) is 0.400. The van der Waals surface area contributed by atoms with E-state index in [0.29, 0.717) is 0 Å². The highest BCUT2D eigenvalue weighted by Crippen LogP contribution is 2.57. The lowest BCUT2D eigenvalue weighted by Gasteiger charge is -2.18. The second-order valence-corrected chi connectivity index (χ2v) is 5.92. The molecule has 0 saturated heterocycles. The normalized spacial score (nSPS) is 11.6. The van der Waals surface area contributed by atoms with Crippen LogP contribution in [-0.4, -0.2) is 20.4 Å². The predicted molar refractivity (Wildman–Crippen MR) is 57.6 cm³/mol. The van der Waals surface area contributed by atoms with Gasteiger partial charge in [-0.1, -0.05) is 18.2 Å². The van der Waals surface area contributed by atoms with Crippen molar-refractivity contribution in [3.8, 4) is 0 Å². The topological polar surface area (TPSA) is 18.5 Å². The molecule has 0 aliphatic rings. The van der Waals surface area contributed by atoms with E-state index in [1.165, 1.54) is 5.30 Å². The van der Waals surface area contributed by atoms with Crippen molar-refractivity contribution >= 4 is 13.0 Å². The third kappa shape index (κ3) is 2.08. The van der Waals surface area contributed by atoms with E-state index in [2.05, 4.69) is 19.1 Å². The first-order valence-corrected chi connectivity index (χ1v) is 6.15. The highest BCUT2D eigenvalue weighted by atomic mass is 31.2. The number of benzene rings is 1. The molecule has 0 saturated carbocycles. The maximum Gasteiger partial charge on any atom is 0.305 e. The minimum absolute atomic E-state index is 0.907. The van der Waals surface area contributed by atoms with E-state index >= 15 is 0 Å². The van der Waals surface area contributed by atoms with Crippen LogP contribution in [0, 0.1) is 0 Å². The molecule has 1 aromatic carbocycles.